The molecule has 0 spiro atoms. The number of nitrogens with one attached hydrogen (secondary N) is 2. The fraction of sp³-hybridized carbons (Fsp3) is 0.947. The minimum atomic E-state index is -0.417. The van der Waals surface area contributed by atoms with Gasteiger partial charge in [0.1, 0.15) is 5.60 Å². The molecule has 26 heavy (non-hydrogen) atoms. The first-order chi connectivity index (χ1) is 12.4. The van der Waals surface area contributed by atoms with E-state index in [4.69, 9.17) is 10.5 Å². The number of ether oxygens (including phenoxy) is 1. The molecule has 7 heteroatoms. The quantitative estimate of drug-likeness (QED) is 0.639. The summed E-state index contributed by atoms with van der Waals surface area (Å²) in [5, 5.41) is 6.44. The first kappa shape index (κ1) is 21.4. The predicted molar refractivity (Wildman–Crippen MR) is 105 cm³/mol. The molecule has 3 fully saturated rings. The van der Waals surface area contributed by atoms with Gasteiger partial charge in [-0.3, -0.25) is 4.90 Å². The predicted octanol–water partition coefficient (Wildman–Crippen LogP) is 0.988. The van der Waals surface area contributed by atoms with Crippen molar-refractivity contribution >= 4 is 6.09 Å². The largest absolute Gasteiger partial charge is 0.444 e. The van der Waals surface area contributed by atoms with Crippen molar-refractivity contribution in [3.63, 3.8) is 0 Å². The molecule has 152 valence electrons. The number of piperazine rings is 2. The van der Waals surface area contributed by atoms with E-state index in [-0.39, 0.29) is 6.09 Å². The molecular weight excluding hydrogens is 330 g/mol. The Hall–Kier alpha value is -0.890. The third kappa shape index (κ3) is 7.39. The molecule has 1 aliphatic carbocycles. The van der Waals surface area contributed by atoms with E-state index in [0.717, 1.165) is 58.8 Å². The summed E-state index contributed by atoms with van der Waals surface area (Å²) in [6.07, 6.45) is 4.69. The summed E-state index contributed by atoms with van der Waals surface area (Å²) in [5.41, 5.74) is 5.82. The van der Waals surface area contributed by atoms with Crippen molar-refractivity contribution in [1.82, 2.24) is 20.4 Å². The molecule has 3 rings (SSSR count). The van der Waals surface area contributed by atoms with E-state index in [0.29, 0.717) is 12.1 Å². The second-order valence-electron chi connectivity index (χ2n) is 8.52. The summed E-state index contributed by atoms with van der Waals surface area (Å²) in [6.45, 7) is 13.6. The van der Waals surface area contributed by atoms with Crippen LogP contribution in [0, 0.1) is 0 Å². The van der Waals surface area contributed by atoms with Gasteiger partial charge in [-0.25, -0.2) is 4.79 Å². The van der Waals surface area contributed by atoms with Crippen molar-refractivity contribution in [2.75, 3.05) is 52.4 Å². The summed E-state index contributed by atoms with van der Waals surface area (Å²) in [5.74, 6) is 0. The Morgan fingerprint density at radius 2 is 1.50 bits per heavy atom. The molecular formula is C19H39N5O2. The number of nitrogens with two attached hydrogens (primary N) is 1. The zero-order chi connectivity index (χ0) is 19.0. The average Bonchev–Trinajstić information content (AvgIpc) is 2.63. The minimum Gasteiger partial charge on any atom is -0.444 e. The van der Waals surface area contributed by atoms with E-state index < -0.39 is 5.60 Å². The highest BCUT2D eigenvalue weighted by Gasteiger charge is 2.32. The van der Waals surface area contributed by atoms with Gasteiger partial charge in [-0.1, -0.05) is 12.8 Å². The standard InChI is InChI=1S/C15H29N3O2.C4H10N2/c1-15(2,3)20-14(19)18-10-8-17(9-11-18)13-7-5-4-6-12(13)16;1-2-6-4-3-5-1/h12-13H,4-11,16H2,1-3H3;5-6H,1-4H2. The van der Waals surface area contributed by atoms with Crippen LogP contribution < -0.4 is 16.4 Å². The van der Waals surface area contributed by atoms with E-state index in [1.54, 1.807) is 0 Å². The molecule has 2 saturated heterocycles. The maximum atomic E-state index is 12.0. The number of carbonyl (C=O) groups excluding carboxylic acids is 1. The Labute approximate surface area is 159 Å². The third-order valence-electron chi connectivity index (χ3n) is 5.17. The zero-order valence-corrected chi connectivity index (χ0v) is 16.9. The molecule has 0 aromatic heterocycles. The molecule has 4 N–H and O–H groups in total. The highest BCUT2D eigenvalue weighted by Crippen LogP contribution is 2.23. The second-order valence-corrected chi connectivity index (χ2v) is 8.52. The molecule has 0 aromatic rings. The van der Waals surface area contributed by atoms with Crippen molar-refractivity contribution < 1.29 is 9.53 Å². The molecule has 3 aliphatic rings. The van der Waals surface area contributed by atoms with Gasteiger partial charge < -0.3 is 26.0 Å². The van der Waals surface area contributed by atoms with Gasteiger partial charge in [0.25, 0.3) is 0 Å². The topological polar surface area (TPSA) is 82.9 Å². The molecule has 2 atom stereocenters. The van der Waals surface area contributed by atoms with Crippen LogP contribution in [0.3, 0.4) is 0 Å². The number of hydrogen-bond donors (Lipinski definition) is 3. The fourth-order valence-corrected chi connectivity index (χ4v) is 3.76. The smallest absolute Gasteiger partial charge is 0.410 e. The monoisotopic (exact) mass is 369 g/mol. The number of nitrogens with zero attached hydrogens (tertiary/aromatic N) is 2. The van der Waals surface area contributed by atoms with E-state index in [2.05, 4.69) is 15.5 Å². The lowest BCUT2D eigenvalue weighted by Crippen LogP contribution is -2.57. The number of hydrogen-bond acceptors (Lipinski definition) is 6. The lowest BCUT2D eigenvalue weighted by molar-refractivity contribution is 0.00685. The molecule has 1 saturated carbocycles. The number of rotatable bonds is 1. The van der Waals surface area contributed by atoms with Crippen LogP contribution in [0.25, 0.3) is 0 Å². The highest BCUT2D eigenvalue weighted by atomic mass is 16.6. The van der Waals surface area contributed by atoms with Crippen molar-refractivity contribution in [3.05, 3.63) is 0 Å². The summed E-state index contributed by atoms with van der Waals surface area (Å²) in [7, 11) is 0. The van der Waals surface area contributed by atoms with E-state index >= 15 is 0 Å². The highest BCUT2D eigenvalue weighted by molar-refractivity contribution is 5.68. The first-order valence-electron chi connectivity index (χ1n) is 10.3. The molecule has 7 nitrogen and oxygen atoms in total. The van der Waals surface area contributed by atoms with E-state index in [1.807, 2.05) is 25.7 Å². The van der Waals surface area contributed by atoms with Gasteiger partial charge in [-0.15, -0.1) is 0 Å². The number of amides is 1. The SMILES string of the molecule is C1CNCCN1.CC(C)(C)OC(=O)N1CCN(C2CCCCC2N)CC1. The maximum absolute atomic E-state index is 12.0. The van der Waals surface area contributed by atoms with Crippen LogP contribution in [0.1, 0.15) is 46.5 Å². The van der Waals surface area contributed by atoms with E-state index in [1.165, 1.54) is 19.3 Å². The van der Waals surface area contributed by atoms with Gasteiger partial charge in [0.15, 0.2) is 0 Å². The van der Waals surface area contributed by atoms with Crippen LogP contribution in [-0.4, -0.2) is 85.9 Å². The number of carbonyl (C=O) groups is 1. The van der Waals surface area contributed by atoms with Gasteiger partial charge in [0.2, 0.25) is 0 Å². The molecule has 2 heterocycles. The Morgan fingerprint density at radius 3 is 1.96 bits per heavy atom. The molecule has 1 amide bonds. The van der Waals surface area contributed by atoms with Crippen molar-refractivity contribution in [2.24, 2.45) is 5.73 Å². The fourth-order valence-electron chi connectivity index (χ4n) is 3.76. The zero-order valence-electron chi connectivity index (χ0n) is 16.9. The summed E-state index contributed by atoms with van der Waals surface area (Å²) >= 11 is 0. The van der Waals surface area contributed by atoms with Crippen LogP contribution >= 0.6 is 0 Å². The Balaban J connectivity index is 0.000000342. The van der Waals surface area contributed by atoms with Gasteiger partial charge in [0.05, 0.1) is 0 Å². The van der Waals surface area contributed by atoms with Crippen LogP contribution in [0.4, 0.5) is 4.79 Å². The molecule has 2 unspecified atom stereocenters. The normalized spacial score (nSPS) is 28.1. The van der Waals surface area contributed by atoms with Gasteiger partial charge in [-0.05, 0) is 33.6 Å². The summed E-state index contributed by atoms with van der Waals surface area (Å²) in [4.78, 5) is 16.3. The molecule has 2 aliphatic heterocycles. The Bertz CT molecular complexity index is 403. The van der Waals surface area contributed by atoms with Crippen LogP contribution in [-0.2, 0) is 4.74 Å². The lowest BCUT2D eigenvalue weighted by Gasteiger charge is -2.43. The Kier molecular flexibility index (Phi) is 8.60. The van der Waals surface area contributed by atoms with Crippen LogP contribution in [0.15, 0.2) is 0 Å². The van der Waals surface area contributed by atoms with Gasteiger partial charge >= 0.3 is 6.09 Å². The molecule has 0 radical (unpaired) electrons. The molecule has 0 bridgehead atoms. The molecule has 0 aromatic carbocycles. The second kappa shape index (κ2) is 10.4. The van der Waals surface area contributed by atoms with Gasteiger partial charge in [-0.2, -0.15) is 0 Å². The van der Waals surface area contributed by atoms with Crippen molar-refractivity contribution in [2.45, 2.75) is 64.1 Å². The third-order valence-corrected chi connectivity index (χ3v) is 5.17. The maximum Gasteiger partial charge on any atom is 0.410 e. The summed E-state index contributed by atoms with van der Waals surface area (Å²) < 4.78 is 5.42. The lowest BCUT2D eigenvalue weighted by atomic mass is 9.89. The van der Waals surface area contributed by atoms with Crippen molar-refractivity contribution in [3.8, 4) is 0 Å². The van der Waals surface area contributed by atoms with E-state index in [9.17, 15) is 4.79 Å². The van der Waals surface area contributed by atoms with Crippen LogP contribution in [0.2, 0.25) is 0 Å². The minimum absolute atomic E-state index is 0.190. The van der Waals surface area contributed by atoms with Gasteiger partial charge in [0, 0.05) is 64.4 Å². The average molecular weight is 370 g/mol. The summed E-state index contributed by atoms with van der Waals surface area (Å²) in [6, 6.07) is 0.807. The first-order valence-corrected chi connectivity index (χ1v) is 10.3. The Morgan fingerprint density at radius 1 is 0.962 bits per heavy atom. The van der Waals surface area contributed by atoms with Crippen molar-refractivity contribution in [1.29, 1.82) is 0 Å². The van der Waals surface area contributed by atoms with Crippen LogP contribution in [0.5, 0.6) is 0 Å².